The van der Waals surface area contributed by atoms with E-state index in [1.807, 2.05) is 18.7 Å². The first-order valence-corrected chi connectivity index (χ1v) is 10.1. The van der Waals surface area contributed by atoms with Gasteiger partial charge in [-0.3, -0.25) is 15.1 Å². The second-order valence-electron chi connectivity index (χ2n) is 9.11. The fraction of sp³-hybridized carbons (Fsp3) is 0.682. The standard InChI is InChI=1S/C22H34N4O/c1-5-25(4)22(18-9-7-6-8-10-18)13-11-21(12-14-22)17-26(19(27)24-21)16-20(2,3)15-23/h6-10,19,24,27H,5,11-14,16-17H2,1-4H3. The molecule has 2 aliphatic rings. The Morgan fingerprint density at radius 1 is 1.26 bits per heavy atom. The van der Waals surface area contributed by atoms with E-state index in [0.29, 0.717) is 6.54 Å². The summed E-state index contributed by atoms with van der Waals surface area (Å²) < 4.78 is 0. The summed E-state index contributed by atoms with van der Waals surface area (Å²) in [6.45, 7) is 8.49. The summed E-state index contributed by atoms with van der Waals surface area (Å²) in [5, 5.41) is 23.4. The van der Waals surface area contributed by atoms with Crippen LogP contribution in [-0.4, -0.2) is 53.5 Å². The van der Waals surface area contributed by atoms with Gasteiger partial charge in [0, 0.05) is 24.2 Å². The van der Waals surface area contributed by atoms with Crippen LogP contribution in [0.3, 0.4) is 0 Å². The zero-order valence-electron chi connectivity index (χ0n) is 17.2. The maximum absolute atomic E-state index is 10.6. The highest BCUT2D eigenvalue weighted by Crippen LogP contribution is 2.46. The number of aliphatic hydroxyl groups is 1. The molecule has 1 aromatic carbocycles. The molecule has 0 aromatic heterocycles. The molecular formula is C22H34N4O. The van der Waals surface area contributed by atoms with Gasteiger partial charge < -0.3 is 5.11 Å². The van der Waals surface area contributed by atoms with Crippen LogP contribution in [-0.2, 0) is 5.54 Å². The number of aliphatic hydroxyl groups excluding tert-OH is 1. The molecule has 27 heavy (non-hydrogen) atoms. The summed E-state index contributed by atoms with van der Waals surface area (Å²) in [5.74, 6) is 0. The highest BCUT2D eigenvalue weighted by molar-refractivity contribution is 5.26. The molecule has 1 saturated carbocycles. The lowest BCUT2D eigenvalue weighted by Crippen LogP contribution is -2.55. The van der Waals surface area contributed by atoms with Crippen molar-refractivity contribution in [2.75, 3.05) is 26.7 Å². The molecule has 0 radical (unpaired) electrons. The Morgan fingerprint density at radius 3 is 2.44 bits per heavy atom. The van der Waals surface area contributed by atoms with Crippen LogP contribution in [0.4, 0.5) is 0 Å². The molecule has 0 bridgehead atoms. The number of nitrogens with one attached hydrogen (secondary N) is 1. The Bertz CT molecular complexity index is 673. The summed E-state index contributed by atoms with van der Waals surface area (Å²) >= 11 is 0. The molecule has 1 heterocycles. The van der Waals surface area contributed by atoms with E-state index < -0.39 is 11.8 Å². The second kappa shape index (κ2) is 7.52. The van der Waals surface area contributed by atoms with E-state index in [1.54, 1.807) is 0 Å². The van der Waals surface area contributed by atoms with Crippen molar-refractivity contribution in [1.82, 2.24) is 15.1 Å². The van der Waals surface area contributed by atoms with Crippen molar-refractivity contribution in [3.63, 3.8) is 0 Å². The van der Waals surface area contributed by atoms with Crippen LogP contribution < -0.4 is 5.32 Å². The normalized spacial score (nSPS) is 32.1. The molecular weight excluding hydrogens is 336 g/mol. The van der Waals surface area contributed by atoms with Crippen molar-refractivity contribution < 1.29 is 5.11 Å². The van der Waals surface area contributed by atoms with Crippen LogP contribution in [0.5, 0.6) is 0 Å². The maximum atomic E-state index is 10.6. The summed E-state index contributed by atoms with van der Waals surface area (Å²) in [4.78, 5) is 4.51. The first-order valence-electron chi connectivity index (χ1n) is 10.1. The molecule has 2 fully saturated rings. The molecule has 3 rings (SSSR count). The largest absolute Gasteiger partial charge is 0.365 e. The van der Waals surface area contributed by atoms with Crippen LogP contribution >= 0.6 is 0 Å². The SMILES string of the molecule is CCN(C)C1(c2ccccc2)CCC2(CC1)CN(CC(C)(C)C#N)C(O)N2. The van der Waals surface area contributed by atoms with E-state index in [2.05, 4.69) is 60.6 Å². The van der Waals surface area contributed by atoms with Gasteiger partial charge in [-0.2, -0.15) is 5.26 Å². The molecule has 148 valence electrons. The van der Waals surface area contributed by atoms with Gasteiger partial charge in [0.25, 0.3) is 0 Å². The first-order chi connectivity index (χ1) is 12.8. The highest BCUT2D eigenvalue weighted by Gasteiger charge is 2.50. The van der Waals surface area contributed by atoms with Crippen LogP contribution in [0.2, 0.25) is 0 Å². The Hall–Kier alpha value is -1.45. The fourth-order valence-electron chi connectivity index (χ4n) is 4.96. The Morgan fingerprint density at radius 2 is 1.89 bits per heavy atom. The van der Waals surface area contributed by atoms with E-state index in [4.69, 9.17) is 0 Å². The Labute approximate surface area is 164 Å². The summed E-state index contributed by atoms with van der Waals surface area (Å²) in [7, 11) is 2.23. The zero-order valence-corrected chi connectivity index (χ0v) is 17.2. The van der Waals surface area contributed by atoms with Gasteiger partial charge in [0.15, 0.2) is 6.35 Å². The van der Waals surface area contributed by atoms with E-state index in [0.717, 1.165) is 38.8 Å². The molecule has 5 heteroatoms. The average Bonchev–Trinajstić information content (AvgIpc) is 2.97. The summed E-state index contributed by atoms with van der Waals surface area (Å²) in [6.07, 6.45) is 3.51. The number of hydrogen-bond donors (Lipinski definition) is 2. The monoisotopic (exact) mass is 370 g/mol. The van der Waals surface area contributed by atoms with Crippen LogP contribution in [0.1, 0.15) is 52.0 Å². The van der Waals surface area contributed by atoms with Gasteiger partial charge in [0.05, 0.1) is 11.5 Å². The van der Waals surface area contributed by atoms with E-state index in [9.17, 15) is 10.4 Å². The minimum atomic E-state index is -0.661. The number of hydrogen-bond acceptors (Lipinski definition) is 5. The number of rotatable bonds is 5. The van der Waals surface area contributed by atoms with Gasteiger partial charge in [-0.1, -0.05) is 37.3 Å². The van der Waals surface area contributed by atoms with Crippen molar-refractivity contribution in [3.8, 4) is 6.07 Å². The van der Waals surface area contributed by atoms with Crippen LogP contribution in [0.25, 0.3) is 0 Å². The molecule has 1 spiro atoms. The van der Waals surface area contributed by atoms with Gasteiger partial charge in [-0.15, -0.1) is 0 Å². The molecule has 1 atom stereocenters. The predicted octanol–water partition coefficient (Wildman–Crippen LogP) is 2.88. The highest BCUT2D eigenvalue weighted by atomic mass is 16.3. The molecule has 1 aliphatic heterocycles. The van der Waals surface area contributed by atoms with Crippen LogP contribution in [0.15, 0.2) is 30.3 Å². The average molecular weight is 371 g/mol. The minimum absolute atomic E-state index is 0.0577. The first kappa shape index (κ1) is 20.3. The van der Waals surface area contributed by atoms with E-state index >= 15 is 0 Å². The third-order valence-corrected chi connectivity index (χ3v) is 6.74. The minimum Gasteiger partial charge on any atom is -0.365 e. The Balaban J connectivity index is 1.76. The lowest BCUT2D eigenvalue weighted by molar-refractivity contribution is 0.00496. The molecule has 0 amide bonds. The summed E-state index contributed by atoms with van der Waals surface area (Å²) in [6, 6.07) is 13.2. The quantitative estimate of drug-likeness (QED) is 0.834. The lowest BCUT2D eigenvalue weighted by Gasteiger charge is -2.50. The predicted molar refractivity (Wildman–Crippen MR) is 108 cm³/mol. The van der Waals surface area contributed by atoms with Crippen molar-refractivity contribution in [2.24, 2.45) is 5.41 Å². The van der Waals surface area contributed by atoms with Gasteiger partial charge in [-0.25, -0.2) is 0 Å². The molecule has 1 aliphatic carbocycles. The molecule has 2 N–H and O–H groups in total. The van der Waals surface area contributed by atoms with Crippen LogP contribution in [0, 0.1) is 16.7 Å². The lowest BCUT2D eigenvalue weighted by atomic mass is 9.68. The summed E-state index contributed by atoms with van der Waals surface area (Å²) in [5.41, 5.74) is 0.939. The zero-order chi connectivity index (χ0) is 19.7. The van der Waals surface area contributed by atoms with Gasteiger partial charge >= 0.3 is 0 Å². The van der Waals surface area contributed by atoms with Crippen molar-refractivity contribution >= 4 is 0 Å². The van der Waals surface area contributed by atoms with E-state index in [-0.39, 0.29) is 11.1 Å². The third-order valence-electron chi connectivity index (χ3n) is 6.74. The fourth-order valence-corrected chi connectivity index (χ4v) is 4.96. The van der Waals surface area contributed by atoms with Crippen molar-refractivity contribution in [3.05, 3.63) is 35.9 Å². The number of nitrogens with zero attached hydrogens (tertiary/aromatic N) is 3. The number of benzene rings is 1. The van der Waals surface area contributed by atoms with E-state index in [1.165, 1.54) is 5.56 Å². The molecule has 5 nitrogen and oxygen atoms in total. The molecule has 1 saturated heterocycles. The number of nitriles is 1. The topological polar surface area (TPSA) is 62.5 Å². The van der Waals surface area contributed by atoms with Gasteiger partial charge in [-0.05, 0) is 58.7 Å². The second-order valence-corrected chi connectivity index (χ2v) is 9.11. The molecule has 1 aromatic rings. The maximum Gasteiger partial charge on any atom is 0.163 e. The van der Waals surface area contributed by atoms with Crippen molar-refractivity contribution in [1.29, 1.82) is 5.26 Å². The molecule has 1 unspecified atom stereocenters. The Kier molecular flexibility index (Phi) is 5.65. The third kappa shape index (κ3) is 3.90. The van der Waals surface area contributed by atoms with Crippen molar-refractivity contribution in [2.45, 2.75) is 63.9 Å². The van der Waals surface area contributed by atoms with Gasteiger partial charge in [0.2, 0.25) is 0 Å². The smallest absolute Gasteiger partial charge is 0.163 e. The van der Waals surface area contributed by atoms with Gasteiger partial charge in [0.1, 0.15) is 0 Å².